The molecule has 126 valence electrons. The van der Waals surface area contributed by atoms with Crippen LogP contribution in [0.25, 0.3) is 10.2 Å². The van der Waals surface area contributed by atoms with Crippen molar-refractivity contribution in [1.29, 1.82) is 0 Å². The Bertz CT molecular complexity index is 875. The number of nitrogens with zero attached hydrogens (tertiary/aromatic N) is 2. The fourth-order valence-electron chi connectivity index (χ4n) is 2.23. The number of para-hydroxylation sites is 2. The molecule has 0 atom stereocenters. The quantitative estimate of drug-likeness (QED) is 0.604. The topological polar surface area (TPSA) is 59.5 Å². The van der Waals surface area contributed by atoms with E-state index in [0.29, 0.717) is 18.8 Å². The second kappa shape index (κ2) is 7.29. The lowest BCUT2D eigenvalue weighted by Gasteiger charge is -2.15. The molecule has 0 saturated carbocycles. The highest BCUT2D eigenvalue weighted by Crippen LogP contribution is 2.22. The van der Waals surface area contributed by atoms with E-state index in [-0.39, 0.29) is 5.75 Å². The Morgan fingerprint density at radius 3 is 2.54 bits per heavy atom. The molecule has 0 aliphatic carbocycles. The largest absolute Gasteiger partial charge is 0.382 e. The van der Waals surface area contributed by atoms with Gasteiger partial charge in [-0.3, -0.25) is 4.90 Å². The Morgan fingerprint density at radius 1 is 1.08 bits per heavy atom. The molecule has 0 aliphatic heterocycles. The van der Waals surface area contributed by atoms with Crippen molar-refractivity contribution in [3.05, 3.63) is 59.6 Å². The fourth-order valence-corrected chi connectivity index (χ4v) is 4.30. The first kappa shape index (κ1) is 16.9. The second-order valence-electron chi connectivity index (χ2n) is 5.47. The van der Waals surface area contributed by atoms with E-state index in [9.17, 15) is 8.42 Å². The van der Waals surface area contributed by atoms with Crippen LogP contribution in [0.3, 0.4) is 0 Å². The molecule has 7 heteroatoms. The van der Waals surface area contributed by atoms with Crippen molar-refractivity contribution in [2.45, 2.75) is 6.54 Å². The summed E-state index contributed by atoms with van der Waals surface area (Å²) >= 11 is 1.63. The van der Waals surface area contributed by atoms with Gasteiger partial charge < -0.3 is 4.18 Å². The third-order valence-corrected chi connectivity index (χ3v) is 5.58. The average Bonchev–Trinajstić information content (AvgIpc) is 2.96. The number of fused-ring (bicyclic) bond motifs is 1. The molecule has 0 aliphatic rings. The van der Waals surface area contributed by atoms with Gasteiger partial charge in [0, 0.05) is 6.54 Å². The van der Waals surface area contributed by atoms with Gasteiger partial charge in [-0.2, -0.15) is 8.42 Å². The van der Waals surface area contributed by atoms with Gasteiger partial charge in [0.2, 0.25) is 0 Å². The van der Waals surface area contributed by atoms with Gasteiger partial charge >= 0.3 is 10.1 Å². The van der Waals surface area contributed by atoms with E-state index in [1.165, 1.54) is 0 Å². The molecule has 0 saturated heterocycles. The zero-order valence-electron chi connectivity index (χ0n) is 13.3. The molecule has 0 N–H and O–H groups in total. The summed E-state index contributed by atoms with van der Waals surface area (Å²) in [5.41, 5.74) is 0.978. The van der Waals surface area contributed by atoms with Gasteiger partial charge in [-0.05, 0) is 31.3 Å². The van der Waals surface area contributed by atoms with Gasteiger partial charge in [-0.15, -0.1) is 11.3 Å². The molecule has 1 heterocycles. The summed E-state index contributed by atoms with van der Waals surface area (Å²) in [5.74, 6) is 0.273. The van der Waals surface area contributed by atoms with E-state index in [1.54, 1.807) is 35.6 Å². The van der Waals surface area contributed by atoms with Crippen LogP contribution in [0.1, 0.15) is 5.01 Å². The highest BCUT2D eigenvalue weighted by molar-refractivity contribution is 7.87. The Labute approximate surface area is 145 Å². The first-order chi connectivity index (χ1) is 11.5. The second-order valence-corrected chi connectivity index (χ2v) is 8.28. The number of hydrogen-bond acceptors (Lipinski definition) is 6. The SMILES string of the molecule is CN(CCS(=O)(=O)Oc1ccccc1)Cc1nc2ccccc2s1. The number of benzene rings is 2. The van der Waals surface area contributed by atoms with Crippen molar-refractivity contribution in [3.8, 4) is 5.75 Å². The van der Waals surface area contributed by atoms with Crippen LogP contribution in [-0.2, 0) is 16.7 Å². The lowest BCUT2D eigenvalue weighted by atomic mass is 10.3. The molecular formula is C17H18N2O3S2. The normalized spacial score (nSPS) is 11.9. The van der Waals surface area contributed by atoms with Crippen LogP contribution in [0, 0.1) is 0 Å². The van der Waals surface area contributed by atoms with Gasteiger partial charge in [0.25, 0.3) is 0 Å². The predicted molar refractivity (Wildman–Crippen MR) is 96.8 cm³/mol. The van der Waals surface area contributed by atoms with Crippen LogP contribution in [0.15, 0.2) is 54.6 Å². The van der Waals surface area contributed by atoms with Crippen molar-refractivity contribution < 1.29 is 12.6 Å². The van der Waals surface area contributed by atoms with E-state index in [0.717, 1.165) is 15.2 Å². The highest BCUT2D eigenvalue weighted by atomic mass is 32.2. The molecule has 1 aromatic heterocycles. The van der Waals surface area contributed by atoms with Gasteiger partial charge in [0.15, 0.2) is 0 Å². The smallest absolute Gasteiger partial charge is 0.310 e. The van der Waals surface area contributed by atoms with Crippen LogP contribution in [0.5, 0.6) is 5.75 Å². The van der Waals surface area contributed by atoms with Crippen LogP contribution < -0.4 is 4.18 Å². The zero-order valence-corrected chi connectivity index (χ0v) is 14.9. The molecule has 5 nitrogen and oxygen atoms in total. The molecule has 0 fully saturated rings. The summed E-state index contributed by atoms with van der Waals surface area (Å²) in [4.78, 5) is 6.50. The fraction of sp³-hybridized carbons (Fsp3) is 0.235. The molecule has 0 radical (unpaired) electrons. The van der Waals surface area contributed by atoms with Gasteiger partial charge in [-0.25, -0.2) is 4.98 Å². The Morgan fingerprint density at radius 2 is 1.79 bits per heavy atom. The first-order valence-corrected chi connectivity index (χ1v) is 9.91. The third-order valence-electron chi connectivity index (χ3n) is 3.43. The maximum Gasteiger partial charge on any atom is 0.310 e. The minimum absolute atomic E-state index is 0.0662. The van der Waals surface area contributed by atoms with Crippen molar-refractivity contribution >= 4 is 31.7 Å². The van der Waals surface area contributed by atoms with Crippen molar-refractivity contribution in [2.24, 2.45) is 0 Å². The molecule has 2 aromatic carbocycles. The minimum Gasteiger partial charge on any atom is -0.382 e. The van der Waals surface area contributed by atoms with Crippen molar-refractivity contribution in [2.75, 3.05) is 19.3 Å². The van der Waals surface area contributed by atoms with Crippen LogP contribution in [-0.4, -0.2) is 37.6 Å². The molecule has 3 aromatic rings. The lowest BCUT2D eigenvalue weighted by Crippen LogP contribution is -2.27. The average molecular weight is 362 g/mol. The van der Waals surface area contributed by atoms with Crippen LogP contribution in [0.2, 0.25) is 0 Å². The van der Waals surface area contributed by atoms with E-state index in [2.05, 4.69) is 4.98 Å². The van der Waals surface area contributed by atoms with Crippen LogP contribution >= 0.6 is 11.3 Å². The summed E-state index contributed by atoms with van der Waals surface area (Å²) in [6, 6.07) is 16.5. The maximum atomic E-state index is 12.0. The van der Waals surface area contributed by atoms with Crippen molar-refractivity contribution in [3.63, 3.8) is 0 Å². The number of hydrogen-bond donors (Lipinski definition) is 0. The minimum atomic E-state index is -3.61. The van der Waals surface area contributed by atoms with E-state index in [1.807, 2.05) is 42.3 Å². The van der Waals surface area contributed by atoms with E-state index >= 15 is 0 Å². The Kier molecular flexibility index (Phi) is 5.13. The molecule has 3 rings (SSSR count). The van der Waals surface area contributed by atoms with E-state index < -0.39 is 10.1 Å². The summed E-state index contributed by atoms with van der Waals surface area (Å²) < 4.78 is 30.3. The van der Waals surface area contributed by atoms with Gasteiger partial charge in [0.05, 0.1) is 22.5 Å². The Hall–Kier alpha value is -1.96. The molecule has 0 spiro atoms. The molecule has 24 heavy (non-hydrogen) atoms. The third kappa shape index (κ3) is 4.53. The summed E-state index contributed by atoms with van der Waals surface area (Å²) in [6.07, 6.45) is 0. The van der Waals surface area contributed by atoms with Crippen molar-refractivity contribution in [1.82, 2.24) is 9.88 Å². The lowest BCUT2D eigenvalue weighted by molar-refractivity contribution is 0.342. The van der Waals surface area contributed by atoms with Gasteiger partial charge in [-0.1, -0.05) is 30.3 Å². The summed E-state index contributed by atoms with van der Waals surface area (Å²) in [6.45, 7) is 0.991. The maximum absolute atomic E-state index is 12.0. The molecule has 0 bridgehead atoms. The zero-order chi connectivity index (χ0) is 17.0. The predicted octanol–water partition coefficient (Wildman–Crippen LogP) is 3.14. The van der Waals surface area contributed by atoms with Gasteiger partial charge in [0.1, 0.15) is 10.8 Å². The monoisotopic (exact) mass is 362 g/mol. The van der Waals surface area contributed by atoms with Crippen LogP contribution in [0.4, 0.5) is 0 Å². The molecule has 0 unspecified atom stereocenters. The molecule has 0 amide bonds. The standard InChI is InChI=1S/C17H18N2O3S2/c1-19(13-17-18-15-9-5-6-10-16(15)23-17)11-12-24(20,21)22-14-7-3-2-4-8-14/h2-10H,11-13H2,1H3. The molecular weight excluding hydrogens is 344 g/mol. The summed E-state index contributed by atoms with van der Waals surface area (Å²) in [5, 5.41) is 0.972. The highest BCUT2D eigenvalue weighted by Gasteiger charge is 2.15. The number of thiazole rings is 1. The summed E-state index contributed by atoms with van der Waals surface area (Å²) in [7, 11) is -1.73. The number of rotatable bonds is 7. The Balaban J connectivity index is 1.55. The van der Waals surface area contributed by atoms with E-state index in [4.69, 9.17) is 4.18 Å². The first-order valence-electron chi connectivity index (χ1n) is 7.52. The number of aromatic nitrogens is 1.